The van der Waals surface area contributed by atoms with Crippen molar-refractivity contribution < 1.29 is 4.79 Å². The Morgan fingerprint density at radius 1 is 1.00 bits per heavy atom. The number of pyridine rings is 1. The van der Waals surface area contributed by atoms with Crippen LogP contribution < -0.4 is 5.56 Å². The van der Waals surface area contributed by atoms with E-state index in [9.17, 15) is 9.59 Å². The van der Waals surface area contributed by atoms with Crippen LogP contribution in [0.25, 0.3) is 11.0 Å². The molecule has 2 aliphatic heterocycles. The van der Waals surface area contributed by atoms with Gasteiger partial charge in [-0.05, 0) is 50.5 Å². The van der Waals surface area contributed by atoms with Crippen LogP contribution in [0.5, 0.6) is 0 Å². The lowest BCUT2D eigenvalue weighted by Gasteiger charge is -2.42. The lowest BCUT2D eigenvalue weighted by molar-refractivity contribution is 0.0594. The first kappa shape index (κ1) is 17.1. The maximum atomic E-state index is 13.2. The smallest absolute Gasteiger partial charge is 0.253 e. The van der Waals surface area contributed by atoms with Crippen LogP contribution in [0.2, 0.25) is 0 Å². The number of nitrogens with zero attached hydrogens (tertiary/aromatic N) is 4. The van der Waals surface area contributed by atoms with E-state index in [1.807, 2.05) is 53.6 Å². The number of aromatic nitrogens is 3. The number of piperidine rings is 1. The quantitative estimate of drug-likeness (QED) is 0.657. The molecule has 28 heavy (non-hydrogen) atoms. The van der Waals surface area contributed by atoms with E-state index in [1.165, 1.54) is 0 Å². The van der Waals surface area contributed by atoms with Gasteiger partial charge < -0.3 is 9.47 Å². The van der Waals surface area contributed by atoms with Gasteiger partial charge in [-0.1, -0.05) is 6.07 Å². The van der Waals surface area contributed by atoms with Crippen LogP contribution in [0.3, 0.4) is 0 Å². The Labute approximate surface area is 162 Å². The summed E-state index contributed by atoms with van der Waals surface area (Å²) in [6.45, 7) is 5.90. The fourth-order valence-electron chi connectivity index (χ4n) is 4.61. The van der Waals surface area contributed by atoms with E-state index in [0.29, 0.717) is 31.1 Å². The van der Waals surface area contributed by atoms with Gasteiger partial charge in [0.2, 0.25) is 0 Å². The third-order valence-corrected chi connectivity index (χ3v) is 6.09. The van der Waals surface area contributed by atoms with E-state index in [2.05, 4.69) is 9.97 Å². The summed E-state index contributed by atoms with van der Waals surface area (Å²) in [6.07, 6.45) is 1.04. The lowest BCUT2D eigenvalue weighted by Crippen LogP contribution is -2.49. The maximum Gasteiger partial charge on any atom is 0.253 e. The first-order valence-corrected chi connectivity index (χ1v) is 9.73. The Balaban J connectivity index is 1.46. The summed E-state index contributed by atoms with van der Waals surface area (Å²) < 4.78 is 1.89. The second kappa shape index (κ2) is 6.26. The Morgan fingerprint density at radius 3 is 2.61 bits per heavy atom. The van der Waals surface area contributed by atoms with Gasteiger partial charge in [0.15, 0.2) is 0 Å². The normalized spacial score (nSPS) is 20.9. The van der Waals surface area contributed by atoms with Crippen LogP contribution >= 0.6 is 0 Å². The number of benzene rings is 1. The Kier molecular flexibility index (Phi) is 3.82. The van der Waals surface area contributed by atoms with Crippen molar-refractivity contribution in [2.75, 3.05) is 13.1 Å². The molecule has 0 radical (unpaired) electrons. The van der Waals surface area contributed by atoms with Gasteiger partial charge in [0.25, 0.3) is 11.5 Å². The summed E-state index contributed by atoms with van der Waals surface area (Å²) in [4.78, 5) is 36.5. The first-order valence-electron chi connectivity index (χ1n) is 9.73. The van der Waals surface area contributed by atoms with Gasteiger partial charge >= 0.3 is 0 Å². The summed E-state index contributed by atoms with van der Waals surface area (Å²) in [5.74, 6) is 0.569. The highest BCUT2D eigenvalue weighted by atomic mass is 16.2. The number of carbonyl (C=O) groups is 1. The minimum Gasteiger partial charge on any atom is -0.338 e. The third kappa shape index (κ3) is 2.71. The maximum absolute atomic E-state index is 13.2. The van der Waals surface area contributed by atoms with Gasteiger partial charge in [0, 0.05) is 42.9 Å². The predicted molar refractivity (Wildman–Crippen MR) is 106 cm³/mol. The van der Waals surface area contributed by atoms with Gasteiger partial charge in [-0.3, -0.25) is 9.59 Å². The van der Waals surface area contributed by atoms with E-state index in [4.69, 9.17) is 0 Å². The third-order valence-electron chi connectivity index (χ3n) is 6.09. The Hall–Kier alpha value is -3.02. The Bertz CT molecular complexity index is 1170. The molecule has 2 aromatic heterocycles. The van der Waals surface area contributed by atoms with Crippen LogP contribution in [-0.4, -0.2) is 38.4 Å². The van der Waals surface area contributed by atoms with Crippen molar-refractivity contribution in [2.45, 2.75) is 32.7 Å². The fourth-order valence-corrected chi connectivity index (χ4v) is 4.61. The minimum absolute atomic E-state index is 0.0309. The number of hydrogen-bond acceptors (Lipinski definition) is 4. The summed E-state index contributed by atoms with van der Waals surface area (Å²) >= 11 is 0. The Morgan fingerprint density at radius 2 is 1.79 bits per heavy atom. The number of fused-ring (bicyclic) bond motifs is 5. The molecule has 142 valence electrons. The fraction of sp³-hybridized carbons (Fsp3) is 0.364. The average molecular weight is 374 g/mol. The molecular weight excluding hydrogens is 352 g/mol. The van der Waals surface area contributed by atoms with E-state index < -0.39 is 0 Å². The number of carbonyl (C=O) groups excluding carboxylic acids is 1. The monoisotopic (exact) mass is 374 g/mol. The minimum atomic E-state index is 0.0309. The zero-order valence-corrected chi connectivity index (χ0v) is 16.1. The van der Waals surface area contributed by atoms with Gasteiger partial charge in [0.1, 0.15) is 0 Å². The van der Waals surface area contributed by atoms with Crippen molar-refractivity contribution in [3.05, 3.63) is 69.4 Å². The van der Waals surface area contributed by atoms with Crippen LogP contribution in [0, 0.1) is 19.8 Å². The molecule has 0 saturated carbocycles. The molecule has 6 nitrogen and oxygen atoms in total. The van der Waals surface area contributed by atoms with E-state index in [-0.39, 0.29) is 17.4 Å². The highest BCUT2D eigenvalue weighted by Crippen LogP contribution is 2.35. The molecule has 4 heterocycles. The molecule has 3 aromatic rings. The number of rotatable bonds is 1. The standard InChI is InChI=1S/C22H22N4O2/c1-13-14(2)24-19-9-16(6-7-18(19)23-13)22(28)25-10-15-8-17(12-25)20-4-3-5-21(27)26(20)11-15/h3-7,9,15,17H,8,10-12H2,1-2H3/t15-,17+/m1/s1. The highest BCUT2D eigenvalue weighted by Gasteiger charge is 2.36. The summed E-state index contributed by atoms with van der Waals surface area (Å²) in [6, 6.07) is 11.0. The van der Waals surface area contributed by atoms with Gasteiger partial charge in [-0.25, -0.2) is 9.97 Å². The molecule has 5 rings (SSSR count). The summed E-state index contributed by atoms with van der Waals surface area (Å²) in [5.41, 5.74) is 5.11. The summed E-state index contributed by atoms with van der Waals surface area (Å²) in [7, 11) is 0. The van der Waals surface area contributed by atoms with Crippen LogP contribution in [0.15, 0.2) is 41.2 Å². The molecule has 1 fully saturated rings. The molecule has 0 spiro atoms. The van der Waals surface area contributed by atoms with E-state index >= 15 is 0 Å². The second-order valence-corrected chi connectivity index (χ2v) is 8.01. The van der Waals surface area contributed by atoms with Crippen molar-refractivity contribution in [2.24, 2.45) is 5.92 Å². The van der Waals surface area contributed by atoms with E-state index in [1.54, 1.807) is 6.07 Å². The van der Waals surface area contributed by atoms with Gasteiger partial charge in [0.05, 0.1) is 22.4 Å². The lowest BCUT2D eigenvalue weighted by atomic mass is 9.83. The van der Waals surface area contributed by atoms with E-state index in [0.717, 1.165) is 34.5 Å². The van der Waals surface area contributed by atoms with Crippen molar-refractivity contribution in [1.29, 1.82) is 0 Å². The van der Waals surface area contributed by atoms with Crippen molar-refractivity contribution in [1.82, 2.24) is 19.4 Å². The molecule has 0 aliphatic carbocycles. The molecule has 6 heteroatoms. The zero-order chi connectivity index (χ0) is 19.4. The molecular formula is C22H22N4O2. The topological polar surface area (TPSA) is 68.1 Å². The van der Waals surface area contributed by atoms with Crippen molar-refractivity contribution >= 4 is 16.9 Å². The molecule has 1 aromatic carbocycles. The molecule has 0 unspecified atom stereocenters. The van der Waals surface area contributed by atoms with Crippen molar-refractivity contribution in [3.8, 4) is 0 Å². The zero-order valence-electron chi connectivity index (χ0n) is 16.1. The van der Waals surface area contributed by atoms with Crippen LogP contribution in [0.1, 0.15) is 39.8 Å². The SMILES string of the molecule is Cc1nc2ccc(C(=O)N3C[C@H]4C[C@@H](C3)c3cccc(=O)n3C4)cc2nc1C. The molecule has 1 saturated heterocycles. The number of likely N-dealkylation sites (tertiary alicyclic amines) is 1. The number of aryl methyl sites for hydroxylation is 2. The first-order chi connectivity index (χ1) is 13.5. The molecule has 1 amide bonds. The van der Waals surface area contributed by atoms with Gasteiger partial charge in [-0.15, -0.1) is 0 Å². The largest absolute Gasteiger partial charge is 0.338 e. The molecule has 2 atom stereocenters. The average Bonchev–Trinajstić information content (AvgIpc) is 2.69. The van der Waals surface area contributed by atoms with Crippen molar-refractivity contribution in [3.63, 3.8) is 0 Å². The molecule has 2 bridgehead atoms. The summed E-state index contributed by atoms with van der Waals surface area (Å²) in [5, 5.41) is 0. The number of hydrogen-bond donors (Lipinski definition) is 0. The molecule has 2 aliphatic rings. The second-order valence-electron chi connectivity index (χ2n) is 8.01. The predicted octanol–water partition coefficient (Wildman–Crippen LogP) is 2.67. The molecule has 0 N–H and O–H groups in total. The van der Waals surface area contributed by atoms with Gasteiger partial charge in [-0.2, -0.15) is 0 Å². The highest BCUT2D eigenvalue weighted by molar-refractivity contribution is 5.97. The number of amides is 1. The van der Waals surface area contributed by atoms with Crippen LogP contribution in [0.4, 0.5) is 0 Å². The van der Waals surface area contributed by atoms with Crippen LogP contribution in [-0.2, 0) is 6.54 Å².